The van der Waals surface area contributed by atoms with Crippen LogP contribution >= 0.6 is 38.5 Å². The van der Waals surface area contributed by atoms with Crippen molar-refractivity contribution >= 4 is 44.2 Å². The van der Waals surface area contributed by atoms with Gasteiger partial charge in [0.05, 0.1) is 0 Å². The van der Waals surface area contributed by atoms with Crippen LogP contribution in [0, 0.1) is 9.49 Å². The van der Waals surface area contributed by atoms with Crippen molar-refractivity contribution in [3.05, 3.63) is 26.2 Å². The molecule has 1 aliphatic rings. The summed E-state index contributed by atoms with van der Waals surface area (Å²) in [6.45, 7) is 1.10. The van der Waals surface area contributed by atoms with E-state index in [9.17, 15) is 0 Å². The van der Waals surface area contributed by atoms with Gasteiger partial charge in [-0.3, -0.25) is 0 Å². The Morgan fingerprint density at radius 2 is 2.21 bits per heavy atom. The van der Waals surface area contributed by atoms with Gasteiger partial charge in [-0.2, -0.15) is 0 Å². The number of hydrogen-bond donors (Lipinski definition) is 1. The van der Waals surface area contributed by atoms with E-state index in [1.54, 1.807) is 0 Å². The van der Waals surface area contributed by atoms with Gasteiger partial charge in [-0.25, -0.2) is 0 Å². The van der Waals surface area contributed by atoms with E-state index in [0.29, 0.717) is 0 Å². The average molecular weight is 366 g/mol. The molecule has 0 aliphatic heterocycles. The summed E-state index contributed by atoms with van der Waals surface area (Å²) in [6, 6.07) is 6.41. The van der Waals surface area contributed by atoms with Crippen molar-refractivity contribution in [2.45, 2.75) is 19.3 Å². The molecule has 0 aromatic heterocycles. The molecule has 0 atom stereocenters. The Balaban J connectivity index is 1.87. The lowest BCUT2D eigenvalue weighted by Crippen LogP contribution is -2.02. The topological polar surface area (TPSA) is 12.0 Å². The third kappa shape index (κ3) is 3.12. The lowest BCUT2D eigenvalue weighted by Gasteiger charge is -2.08. The molecule has 1 aromatic rings. The normalized spacial score (nSPS) is 15.6. The Labute approximate surface area is 107 Å². The summed E-state index contributed by atoms with van der Waals surface area (Å²) in [5.74, 6) is 1.00. The highest BCUT2D eigenvalue weighted by molar-refractivity contribution is 14.1. The molecule has 0 bridgehead atoms. The number of anilines is 1. The molecule has 1 N–H and O–H groups in total. The van der Waals surface area contributed by atoms with Gasteiger partial charge in [0.2, 0.25) is 0 Å². The third-order valence-electron chi connectivity index (χ3n) is 2.50. The molecule has 3 heteroatoms. The molecule has 0 heterocycles. The van der Waals surface area contributed by atoms with Gasteiger partial charge in [0.1, 0.15) is 0 Å². The second-order valence-corrected chi connectivity index (χ2v) is 5.88. The highest BCUT2D eigenvalue weighted by Gasteiger charge is 2.20. The molecule has 0 spiro atoms. The lowest BCUT2D eigenvalue weighted by molar-refractivity contribution is 0.760. The van der Waals surface area contributed by atoms with Gasteiger partial charge in [0, 0.05) is 20.3 Å². The minimum atomic E-state index is 1.00. The van der Waals surface area contributed by atoms with Crippen LogP contribution in [-0.2, 0) is 0 Å². The summed E-state index contributed by atoms with van der Waals surface area (Å²) in [5, 5.41) is 3.46. The van der Waals surface area contributed by atoms with Crippen LogP contribution < -0.4 is 5.32 Å². The Morgan fingerprint density at radius 1 is 1.43 bits per heavy atom. The van der Waals surface area contributed by atoms with Crippen molar-refractivity contribution in [1.82, 2.24) is 0 Å². The maximum absolute atomic E-state index is 3.56. The fraction of sp³-hybridized carbons (Fsp3) is 0.455. The SMILES string of the molecule is Brc1cc(I)ccc1NCCC1CC1. The minimum absolute atomic E-state index is 1.00. The predicted octanol–water partition coefficient (Wildman–Crippen LogP) is 4.27. The molecule has 14 heavy (non-hydrogen) atoms. The second kappa shape index (κ2) is 4.84. The molecular weight excluding hydrogens is 353 g/mol. The van der Waals surface area contributed by atoms with Gasteiger partial charge < -0.3 is 5.32 Å². The van der Waals surface area contributed by atoms with Crippen LogP contribution in [-0.4, -0.2) is 6.54 Å². The first-order valence-electron chi connectivity index (χ1n) is 4.94. The van der Waals surface area contributed by atoms with Crippen LogP contribution in [0.15, 0.2) is 22.7 Å². The summed E-state index contributed by atoms with van der Waals surface area (Å²) in [6.07, 6.45) is 4.20. The van der Waals surface area contributed by atoms with E-state index in [1.807, 2.05) is 0 Å². The third-order valence-corrected chi connectivity index (χ3v) is 3.82. The van der Waals surface area contributed by atoms with Gasteiger partial charge in [-0.05, 0) is 69.1 Å². The molecular formula is C11H13BrIN. The fourth-order valence-corrected chi connectivity index (χ4v) is 2.89. The number of rotatable bonds is 4. The monoisotopic (exact) mass is 365 g/mol. The molecule has 0 saturated heterocycles. The first-order chi connectivity index (χ1) is 6.75. The highest BCUT2D eigenvalue weighted by atomic mass is 127. The number of hydrogen-bond acceptors (Lipinski definition) is 1. The van der Waals surface area contributed by atoms with Gasteiger partial charge >= 0.3 is 0 Å². The van der Waals surface area contributed by atoms with Crippen LogP contribution in [0.4, 0.5) is 5.69 Å². The molecule has 1 saturated carbocycles. The van der Waals surface area contributed by atoms with E-state index in [2.05, 4.69) is 62.0 Å². The van der Waals surface area contributed by atoms with Crippen molar-refractivity contribution in [2.24, 2.45) is 5.92 Å². The first kappa shape index (κ1) is 10.7. The molecule has 1 aliphatic carbocycles. The van der Waals surface area contributed by atoms with Gasteiger partial charge in [-0.15, -0.1) is 0 Å². The molecule has 76 valence electrons. The Hall–Kier alpha value is 0.230. The summed E-state index contributed by atoms with van der Waals surface area (Å²) < 4.78 is 2.43. The van der Waals surface area contributed by atoms with Crippen molar-refractivity contribution in [1.29, 1.82) is 0 Å². The molecule has 0 amide bonds. The van der Waals surface area contributed by atoms with Crippen molar-refractivity contribution in [3.8, 4) is 0 Å². The van der Waals surface area contributed by atoms with Crippen LogP contribution in [0.25, 0.3) is 0 Å². The molecule has 1 aromatic carbocycles. The van der Waals surface area contributed by atoms with Crippen LogP contribution in [0.2, 0.25) is 0 Å². The Bertz CT molecular complexity index is 323. The van der Waals surface area contributed by atoms with E-state index in [1.165, 1.54) is 33.0 Å². The summed E-state index contributed by atoms with van der Waals surface area (Å²) >= 11 is 5.89. The average Bonchev–Trinajstić information content (AvgIpc) is 2.92. The smallest absolute Gasteiger partial charge is 0.0485 e. The van der Waals surface area contributed by atoms with Crippen molar-refractivity contribution in [2.75, 3.05) is 11.9 Å². The standard InChI is InChI=1S/C11H13BrIN/c12-10-7-9(13)3-4-11(10)14-6-5-8-1-2-8/h3-4,7-8,14H,1-2,5-6H2. The first-order valence-corrected chi connectivity index (χ1v) is 6.82. The highest BCUT2D eigenvalue weighted by Crippen LogP contribution is 2.32. The molecule has 1 fully saturated rings. The van der Waals surface area contributed by atoms with Crippen molar-refractivity contribution < 1.29 is 0 Å². The zero-order valence-electron chi connectivity index (χ0n) is 7.89. The zero-order valence-corrected chi connectivity index (χ0v) is 11.6. The summed E-state index contributed by atoms with van der Waals surface area (Å²) in [4.78, 5) is 0. The number of nitrogens with one attached hydrogen (secondary N) is 1. The van der Waals surface area contributed by atoms with E-state index in [4.69, 9.17) is 0 Å². The van der Waals surface area contributed by atoms with E-state index < -0.39 is 0 Å². The second-order valence-electron chi connectivity index (χ2n) is 3.78. The van der Waals surface area contributed by atoms with Crippen molar-refractivity contribution in [3.63, 3.8) is 0 Å². The minimum Gasteiger partial charge on any atom is -0.384 e. The van der Waals surface area contributed by atoms with Crippen LogP contribution in [0.3, 0.4) is 0 Å². The maximum Gasteiger partial charge on any atom is 0.0485 e. The van der Waals surface area contributed by atoms with E-state index >= 15 is 0 Å². The van der Waals surface area contributed by atoms with Crippen LogP contribution in [0.5, 0.6) is 0 Å². The van der Waals surface area contributed by atoms with Gasteiger partial charge in [0.25, 0.3) is 0 Å². The van der Waals surface area contributed by atoms with Gasteiger partial charge in [-0.1, -0.05) is 12.8 Å². The van der Waals surface area contributed by atoms with E-state index in [-0.39, 0.29) is 0 Å². The lowest BCUT2D eigenvalue weighted by atomic mass is 10.2. The number of halogens is 2. The molecule has 2 rings (SSSR count). The Kier molecular flexibility index (Phi) is 3.71. The molecule has 0 unspecified atom stereocenters. The largest absolute Gasteiger partial charge is 0.384 e. The van der Waals surface area contributed by atoms with Gasteiger partial charge in [0.15, 0.2) is 0 Å². The predicted molar refractivity (Wildman–Crippen MR) is 72.7 cm³/mol. The van der Waals surface area contributed by atoms with E-state index in [0.717, 1.165) is 12.5 Å². The quantitative estimate of drug-likeness (QED) is 0.786. The Morgan fingerprint density at radius 3 is 2.86 bits per heavy atom. The molecule has 1 nitrogen and oxygen atoms in total. The summed E-state index contributed by atoms with van der Waals surface area (Å²) in [5.41, 5.74) is 1.21. The number of benzene rings is 1. The summed E-state index contributed by atoms with van der Waals surface area (Å²) in [7, 11) is 0. The maximum atomic E-state index is 3.56. The van der Waals surface area contributed by atoms with Crippen LogP contribution in [0.1, 0.15) is 19.3 Å². The fourth-order valence-electron chi connectivity index (χ4n) is 1.45. The zero-order chi connectivity index (χ0) is 9.97. The molecule has 0 radical (unpaired) electrons.